The van der Waals surface area contributed by atoms with Crippen molar-refractivity contribution in [2.75, 3.05) is 23.3 Å². The summed E-state index contributed by atoms with van der Waals surface area (Å²) in [5, 5.41) is 8.66. The molecular weight excluding hydrogens is 288 g/mol. The van der Waals surface area contributed by atoms with Crippen molar-refractivity contribution in [1.29, 1.82) is 0 Å². The van der Waals surface area contributed by atoms with Gasteiger partial charge in [0.25, 0.3) is 0 Å². The van der Waals surface area contributed by atoms with Gasteiger partial charge < -0.3 is 10.2 Å². The third kappa shape index (κ3) is 2.60. The zero-order valence-corrected chi connectivity index (χ0v) is 13.2. The first kappa shape index (κ1) is 14.0. The molecule has 3 aromatic rings. The van der Waals surface area contributed by atoms with E-state index < -0.39 is 0 Å². The van der Waals surface area contributed by atoms with Crippen molar-refractivity contribution in [3.05, 3.63) is 42.4 Å². The van der Waals surface area contributed by atoms with Crippen LogP contribution < -0.4 is 10.2 Å². The molecule has 1 aliphatic heterocycles. The van der Waals surface area contributed by atoms with Gasteiger partial charge in [-0.3, -0.25) is 4.68 Å². The van der Waals surface area contributed by atoms with E-state index in [-0.39, 0.29) is 0 Å². The number of aryl methyl sites for hydroxylation is 1. The first-order chi connectivity index (χ1) is 11.3. The van der Waals surface area contributed by atoms with Crippen molar-refractivity contribution in [3.63, 3.8) is 0 Å². The van der Waals surface area contributed by atoms with E-state index in [2.05, 4.69) is 49.5 Å². The first-order valence-electron chi connectivity index (χ1n) is 8.02. The summed E-state index contributed by atoms with van der Waals surface area (Å²) in [4.78, 5) is 11.1. The number of anilines is 2. The Morgan fingerprint density at radius 1 is 1.13 bits per heavy atom. The molecule has 0 radical (unpaired) electrons. The minimum atomic E-state index is 0.744. The molecule has 118 valence electrons. The van der Waals surface area contributed by atoms with Crippen LogP contribution in [0.5, 0.6) is 0 Å². The molecule has 1 N–H and O–H groups in total. The fraction of sp³-hybridized carbons (Fsp3) is 0.353. The van der Waals surface area contributed by atoms with E-state index in [0.29, 0.717) is 0 Å². The van der Waals surface area contributed by atoms with Gasteiger partial charge in [-0.25, -0.2) is 9.97 Å². The molecule has 2 aromatic heterocycles. The van der Waals surface area contributed by atoms with Crippen molar-refractivity contribution in [1.82, 2.24) is 19.7 Å². The van der Waals surface area contributed by atoms with Gasteiger partial charge >= 0.3 is 0 Å². The highest BCUT2D eigenvalue weighted by Gasteiger charge is 2.15. The summed E-state index contributed by atoms with van der Waals surface area (Å²) in [6.45, 7) is 3.04. The molecule has 1 aromatic carbocycles. The van der Waals surface area contributed by atoms with E-state index in [4.69, 9.17) is 0 Å². The smallest absolute Gasteiger partial charge is 0.163 e. The topological polar surface area (TPSA) is 58.9 Å². The highest BCUT2D eigenvalue weighted by molar-refractivity contribution is 5.86. The molecule has 3 heterocycles. The van der Waals surface area contributed by atoms with Gasteiger partial charge in [0, 0.05) is 32.4 Å². The Morgan fingerprint density at radius 2 is 1.96 bits per heavy atom. The third-order valence-corrected chi connectivity index (χ3v) is 4.41. The molecule has 6 nitrogen and oxygen atoms in total. The van der Waals surface area contributed by atoms with Gasteiger partial charge in [0.1, 0.15) is 12.1 Å². The second-order valence-corrected chi connectivity index (χ2v) is 5.90. The predicted molar refractivity (Wildman–Crippen MR) is 91.5 cm³/mol. The van der Waals surface area contributed by atoms with E-state index in [1.54, 1.807) is 11.0 Å². The minimum Gasteiger partial charge on any atom is -0.371 e. The number of fused-ring (bicyclic) bond motifs is 1. The lowest BCUT2D eigenvalue weighted by Crippen LogP contribution is -2.20. The number of hydrogen-bond donors (Lipinski definition) is 1. The van der Waals surface area contributed by atoms with Crippen LogP contribution in [0.1, 0.15) is 18.4 Å². The number of hydrogen-bond acceptors (Lipinski definition) is 5. The molecule has 6 heteroatoms. The van der Waals surface area contributed by atoms with Crippen molar-refractivity contribution in [3.8, 4) is 0 Å². The van der Waals surface area contributed by atoms with E-state index in [9.17, 15) is 0 Å². The fourth-order valence-corrected chi connectivity index (χ4v) is 3.21. The average Bonchev–Trinajstić information content (AvgIpc) is 3.24. The lowest BCUT2D eigenvalue weighted by atomic mass is 10.1. The lowest BCUT2D eigenvalue weighted by Gasteiger charge is -2.21. The van der Waals surface area contributed by atoms with Crippen LogP contribution in [0, 0.1) is 0 Å². The maximum atomic E-state index is 4.37. The Morgan fingerprint density at radius 3 is 2.83 bits per heavy atom. The number of benzene rings is 1. The van der Waals surface area contributed by atoms with Gasteiger partial charge in [-0.1, -0.05) is 18.2 Å². The quantitative estimate of drug-likeness (QED) is 0.803. The summed E-state index contributed by atoms with van der Waals surface area (Å²) in [5.74, 6) is 0.833. The molecule has 0 spiro atoms. The molecule has 23 heavy (non-hydrogen) atoms. The van der Waals surface area contributed by atoms with Crippen molar-refractivity contribution in [2.45, 2.75) is 19.4 Å². The van der Waals surface area contributed by atoms with E-state index in [1.807, 2.05) is 13.2 Å². The van der Waals surface area contributed by atoms with Crippen molar-refractivity contribution >= 4 is 22.5 Å². The minimum absolute atomic E-state index is 0.744. The van der Waals surface area contributed by atoms with E-state index in [1.165, 1.54) is 24.1 Å². The molecule has 1 fully saturated rings. The normalized spacial score (nSPS) is 14.6. The third-order valence-electron chi connectivity index (χ3n) is 4.41. The second kappa shape index (κ2) is 5.87. The molecule has 1 saturated heterocycles. The molecule has 0 unspecified atom stereocenters. The van der Waals surface area contributed by atoms with Crippen LogP contribution in [0.3, 0.4) is 0 Å². The lowest BCUT2D eigenvalue weighted by molar-refractivity contribution is 0.785. The Balaban J connectivity index is 1.59. The molecule has 1 aliphatic rings. The second-order valence-electron chi connectivity index (χ2n) is 5.90. The number of rotatable bonds is 4. The van der Waals surface area contributed by atoms with Crippen LogP contribution in [0.25, 0.3) is 11.0 Å². The van der Waals surface area contributed by atoms with E-state index >= 15 is 0 Å². The van der Waals surface area contributed by atoms with E-state index in [0.717, 1.165) is 36.5 Å². The summed E-state index contributed by atoms with van der Waals surface area (Å²) in [6, 6.07) is 8.60. The fourth-order valence-electron chi connectivity index (χ4n) is 3.21. The van der Waals surface area contributed by atoms with Gasteiger partial charge in [-0.2, -0.15) is 5.10 Å². The maximum absolute atomic E-state index is 4.37. The predicted octanol–water partition coefficient (Wildman–Crippen LogP) is 2.58. The molecule has 0 amide bonds. The van der Waals surface area contributed by atoms with Gasteiger partial charge in [0.05, 0.1) is 11.6 Å². The number of nitrogens with zero attached hydrogens (tertiary/aromatic N) is 5. The van der Waals surface area contributed by atoms with Crippen LogP contribution in [-0.4, -0.2) is 32.8 Å². The van der Waals surface area contributed by atoms with Crippen LogP contribution in [-0.2, 0) is 13.6 Å². The van der Waals surface area contributed by atoms with Gasteiger partial charge in [0.2, 0.25) is 0 Å². The molecule has 0 saturated carbocycles. The summed E-state index contributed by atoms with van der Waals surface area (Å²) in [6.07, 6.45) is 5.96. The zero-order valence-electron chi connectivity index (χ0n) is 13.2. The number of nitrogens with one attached hydrogen (secondary N) is 1. The Hall–Kier alpha value is -2.63. The molecule has 0 bridgehead atoms. The molecule has 4 rings (SSSR count). The monoisotopic (exact) mass is 308 g/mol. The Kier molecular flexibility index (Phi) is 3.57. The summed E-state index contributed by atoms with van der Waals surface area (Å²) in [5.41, 5.74) is 3.47. The SMILES string of the molecule is Cn1ncc2c(NCc3ccccc3N3CCCC3)ncnc21. The maximum Gasteiger partial charge on any atom is 0.163 e. The first-order valence-corrected chi connectivity index (χ1v) is 8.02. The largest absolute Gasteiger partial charge is 0.371 e. The molecule has 0 atom stereocenters. The summed E-state index contributed by atoms with van der Waals surface area (Å²) in [7, 11) is 1.89. The Bertz CT molecular complexity index is 819. The highest BCUT2D eigenvalue weighted by atomic mass is 15.3. The van der Waals surface area contributed by atoms with Crippen LogP contribution in [0.15, 0.2) is 36.8 Å². The van der Waals surface area contributed by atoms with Crippen molar-refractivity contribution in [2.24, 2.45) is 7.05 Å². The zero-order chi connectivity index (χ0) is 15.6. The molecular formula is C17H20N6. The van der Waals surface area contributed by atoms with Crippen LogP contribution in [0.2, 0.25) is 0 Å². The average molecular weight is 308 g/mol. The Labute approximate surface area is 135 Å². The highest BCUT2D eigenvalue weighted by Crippen LogP contribution is 2.26. The van der Waals surface area contributed by atoms with Gasteiger partial charge in [0.15, 0.2) is 5.65 Å². The van der Waals surface area contributed by atoms with Crippen molar-refractivity contribution < 1.29 is 0 Å². The molecule has 0 aliphatic carbocycles. The van der Waals surface area contributed by atoms with Gasteiger partial charge in [-0.15, -0.1) is 0 Å². The van der Waals surface area contributed by atoms with Gasteiger partial charge in [-0.05, 0) is 24.5 Å². The van der Waals surface area contributed by atoms with Crippen LogP contribution >= 0.6 is 0 Å². The number of aromatic nitrogens is 4. The van der Waals surface area contributed by atoms with Crippen LogP contribution in [0.4, 0.5) is 11.5 Å². The summed E-state index contributed by atoms with van der Waals surface area (Å²) >= 11 is 0. The standard InChI is InChI=1S/C17H20N6/c1-22-17-14(11-21-22)16(19-12-20-17)18-10-13-6-2-3-7-15(13)23-8-4-5-9-23/h2-3,6-7,11-12H,4-5,8-10H2,1H3,(H,18,19,20). The summed E-state index contributed by atoms with van der Waals surface area (Å²) < 4.78 is 1.76. The number of para-hydroxylation sites is 1.